The van der Waals surface area contributed by atoms with Crippen LogP contribution in [0.2, 0.25) is 10.0 Å². The Morgan fingerprint density at radius 3 is 2.45 bits per heavy atom. The van der Waals surface area contributed by atoms with Crippen molar-refractivity contribution in [2.24, 2.45) is 0 Å². The van der Waals surface area contributed by atoms with Gasteiger partial charge in [-0.15, -0.1) is 11.3 Å². The summed E-state index contributed by atoms with van der Waals surface area (Å²) in [7, 11) is 0. The molecule has 0 radical (unpaired) electrons. The minimum Gasteiger partial charge on any atom is -0.507 e. The molecule has 1 fully saturated rings. The number of ketones is 1. The first-order valence-corrected chi connectivity index (χ1v) is 11.7. The Morgan fingerprint density at radius 2 is 1.76 bits per heavy atom. The second kappa shape index (κ2) is 8.74. The van der Waals surface area contributed by atoms with Gasteiger partial charge in [0, 0.05) is 26.0 Å². The molecule has 1 unspecified atom stereocenters. The van der Waals surface area contributed by atoms with Gasteiger partial charge in [-0.25, -0.2) is 0 Å². The molecule has 1 N–H and O–H groups in total. The van der Waals surface area contributed by atoms with Crippen molar-refractivity contribution >= 4 is 52.0 Å². The van der Waals surface area contributed by atoms with Crippen LogP contribution in [0.4, 0.5) is 0 Å². The molecule has 2 aliphatic rings. The minimum absolute atomic E-state index is 0.0803. The van der Waals surface area contributed by atoms with Crippen LogP contribution in [0.25, 0.3) is 5.76 Å². The Kier molecular flexibility index (Phi) is 5.78. The second-order valence-electron chi connectivity index (χ2n) is 7.50. The Balaban J connectivity index is 1.68. The SMILES string of the molecule is O=C1C(=O)N(Cc2cccs2)C(c2c(Cl)cccc2Cl)/C1=C(\O)c1ccc2c(c1)OCCO2. The van der Waals surface area contributed by atoms with Crippen molar-refractivity contribution < 1.29 is 24.2 Å². The van der Waals surface area contributed by atoms with Crippen molar-refractivity contribution in [1.29, 1.82) is 0 Å². The third-order valence-corrected chi connectivity index (χ3v) is 7.06. The second-order valence-corrected chi connectivity index (χ2v) is 9.35. The number of nitrogens with zero attached hydrogens (tertiary/aromatic N) is 1. The standard InChI is InChI=1S/C24H17Cl2NO5S/c25-15-4-1-5-16(26)19(15)21-20(23(29)24(30)27(21)12-14-3-2-10-33-14)22(28)13-6-7-17-18(11-13)32-9-8-31-17/h1-7,10-11,21,28H,8-9,12H2/b22-20+. The molecule has 33 heavy (non-hydrogen) atoms. The van der Waals surface area contributed by atoms with Crippen LogP contribution in [0.15, 0.2) is 59.5 Å². The van der Waals surface area contributed by atoms with Crippen molar-refractivity contribution in [1.82, 2.24) is 4.90 Å². The number of aliphatic hydroxyl groups is 1. The first-order valence-electron chi connectivity index (χ1n) is 10.1. The van der Waals surface area contributed by atoms with Crippen LogP contribution in [0, 0.1) is 0 Å². The van der Waals surface area contributed by atoms with Crippen molar-refractivity contribution in [2.45, 2.75) is 12.6 Å². The highest BCUT2D eigenvalue weighted by Gasteiger charge is 2.47. The van der Waals surface area contributed by atoms with Crippen molar-refractivity contribution in [3.8, 4) is 11.5 Å². The summed E-state index contributed by atoms with van der Waals surface area (Å²) in [6.07, 6.45) is 0. The maximum Gasteiger partial charge on any atom is 0.295 e. The monoisotopic (exact) mass is 501 g/mol. The van der Waals surface area contributed by atoms with E-state index in [1.54, 1.807) is 36.4 Å². The molecule has 2 aliphatic heterocycles. The molecule has 0 spiro atoms. The van der Waals surface area contributed by atoms with E-state index < -0.39 is 17.7 Å². The molecule has 2 aromatic carbocycles. The zero-order valence-electron chi connectivity index (χ0n) is 17.1. The Labute approximate surface area is 203 Å². The van der Waals surface area contributed by atoms with E-state index >= 15 is 0 Å². The van der Waals surface area contributed by atoms with Gasteiger partial charge >= 0.3 is 0 Å². The molecule has 3 aromatic rings. The number of Topliss-reactive ketones (excluding diaryl/α,β-unsaturated/α-hetero) is 1. The highest BCUT2D eigenvalue weighted by atomic mass is 35.5. The summed E-state index contributed by atoms with van der Waals surface area (Å²) < 4.78 is 11.1. The molecule has 1 saturated heterocycles. The van der Waals surface area contributed by atoms with Crippen LogP contribution in [0.1, 0.15) is 22.0 Å². The number of amides is 1. The quantitative estimate of drug-likeness (QED) is 0.292. The molecule has 0 saturated carbocycles. The first kappa shape index (κ1) is 21.8. The molecule has 1 amide bonds. The van der Waals surface area contributed by atoms with Crippen LogP contribution in [-0.4, -0.2) is 34.9 Å². The molecule has 0 bridgehead atoms. The molecule has 6 nitrogen and oxygen atoms in total. The van der Waals surface area contributed by atoms with Gasteiger partial charge in [-0.3, -0.25) is 9.59 Å². The predicted molar refractivity (Wildman–Crippen MR) is 126 cm³/mol. The highest BCUT2D eigenvalue weighted by Crippen LogP contribution is 2.46. The smallest absolute Gasteiger partial charge is 0.295 e. The fraction of sp³-hybridized carbons (Fsp3) is 0.167. The predicted octanol–water partition coefficient (Wildman–Crippen LogP) is 5.45. The van der Waals surface area contributed by atoms with Gasteiger partial charge in [0.1, 0.15) is 19.0 Å². The Bertz CT molecular complexity index is 1270. The number of carbonyl (C=O) groups is 2. The molecule has 168 valence electrons. The Hall–Kier alpha value is -3.00. The number of carbonyl (C=O) groups excluding carboxylic acids is 2. The number of hydrogen-bond donors (Lipinski definition) is 1. The van der Waals surface area contributed by atoms with Gasteiger partial charge in [0.25, 0.3) is 11.7 Å². The summed E-state index contributed by atoms with van der Waals surface area (Å²) >= 11 is 14.4. The van der Waals surface area contributed by atoms with Gasteiger partial charge in [0.2, 0.25) is 0 Å². The van der Waals surface area contributed by atoms with Crippen molar-refractivity contribution in [3.63, 3.8) is 0 Å². The van der Waals surface area contributed by atoms with Crippen LogP contribution in [0.3, 0.4) is 0 Å². The van der Waals surface area contributed by atoms with Gasteiger partial charge in [0.05, 0.1) is 18.2 Å². The van der Waals surface area contributed by atoms with E-state index in [1.807, 2.05) is 17.5 Å². The Morgan fingerprint density at radius 1 is 1.03 bits per heavy atom. The number of fused-ring (bicyclic) bond motifs is 1. The van der Waals surface area contributed by atoms with E-state index in [2.05, 4.69) is 0 Å². The molecular formula is C24H17Cl2NO5S. The maximum absolute atomic E-state index is 13.2. The fourth-order valence-electron chi connectivity index (χ4n) is 4.03. The number of rotatable bonds is 4. The number of benzene rings is 2. The topological polar surface area (TPSA) is 76.1 Å². The molecule has 9 heteroatoms. The number of aliphatic hydroxyl groups excluding tert-OH is 1. The van der Waals surface area contributed by atoms with E-state index in [0.717, 1.165) is 4.88 Å². The largest absolute Gasteiger partial charge is 0.507 e. The lowest BCUT2D eigenvalue weighted by Crippen LogP contribution is -2.29. The average Bonchev–Trinajstić information content (AvgIpc) is 3.41. The van der Waals surface area contributed by atoms with Crippen LogP contribution in [0.5, 0.6) is 11.5 Å². The summed E-state index contributed by atoms with van der Waals surface area (Å²) in [5, 5.41) is 13.7. The van der Waals surface area contributed by atoms with Gasteiger partial charge < -0.3 is 19.5 Å². The molecule has 1 atom stereocenters. The van der Waals surface area contributed by atoms with E-state index in [4.69, 9.17) is 32.7 Å². The lowest BCUT2D eigenvalue weighted by molar-refractivity contribution is -0.140. The number of thiophene rings is 1. The van der Waals surface area contributed by atoms with Crippen molar-refractivity contribution in [2.75, 3.05) is 13.2 Å². The third-order valence-electron chi connectivity index (χ3n) is 5.54. The molecular weight excluding hydrogens is 485 g/mol. The van der Waals surface area contributed by atoms with E-state index in [0.29, 0.717) is 45.9 Å². The van der Waals surface area contributed by atoms with Gasteiger partial charge in [0.15, 0.2) is 11.5 Å². The van der Waals surface area contributed by atoms with E-state index in [1.165, 1.54) is 16.2 Å². The zero-order valence-corrected chi connectivity index (χ0v) is 19.4. The van der Waals surface area contributed by atoms with Gasteiger partial charge in [-0.2, -0.15) is 0 Å². The van der Waals surface area contributed by atoms with Crippen molar-refractivity contribution in [3.05, 3.63) is 85.5 Å². The number of halogens is 2. The van der Waals surface area contributed by atoms with Crippen LogP contribution >= 0.6 is 34.5 Å². The highest BCUT2D eigenvalue weighted by molar-refractivity contribution is 7.09. The summed E-state index contributed by atoms with van der Waals surface area (Å²) in [5.74, 6) is -0.879. The maximum atomic E-state index is 13.2. The van der Waals surface area contributed by atoms with Crippen LogP contribution < -0.4 is 9.47 Å². The average molecular weight is 502 g/mol. The summed E-state index contributed by atoms with van der Waals surface area (Å²) in [4.78, 5) is 28.6. The molecule has 5 rings (SSSR count). The van der Waals surface area contributed by atoms with E-state index in [-0.39, 0.29) is 17.9 Å². The normalized spacial score (nSPS) is 19.2. The van der Waals surface area contributed by atoms with Crippen LogP contribution in [-0.2, 0) is 16.1 Å². The summed E-state index contributed by atoms with van der Waals surface area (Å²) in [5.41, 5.74) is 0.625. The van der Waals surface area contributed by atoms with Gasteiger partial charge in [-0.1, -0.05) is 35.3 Å². The summed E-state index contributed by atoms with van der Waals surface area (Å²) in [6, 6.07) is 12.6. The lowest BCUT2D eigenvalue weighted by Gasteiger charge is -2.26. The zero-order chi connectivity index (χ0) is 23.1. The van der Waals surface area contributed by atoms with Gasteiger partial charge in [-0.05, 0) is 41.8 Å². The third kappa shape index (κ3) is 3.86. The first-order chi connectivity index (χ1) is 16.0. The lowest BCUT2D eigenvalue weighted by atomic mass is 9.95. The number of likely N-dealkylation sites (tertiary alicyclic amines) is 1. The molecule has 1 aromatic heterocycles. The summed E-state index contributed by atoms with van der Waals surface area (Å²) in [6.45, 7) is 0.973. The molecule has 0 aliphatic carbocycles. The number of hydrogen-bond acceptors (Lipinski definition) is 6. The van der Waals surface area contributed by atoms with E-state index in [9.17, 15) is 14.7 Å². The minimum atomic E-state index is -0.957. The number of ether oxygens (including phenoxy) is 2. The fourth-order valence-corrected chi connectivity index (χ4v) is 5.34. The molecule has 3 heterocycles.